The predicted molar refractivity (Wildman–Crippen MR) is 83.1 cm³/mol. The number of aromatic nitrogens is 2. The Morgan fingerprint density at radius 3 is 2.87 bits per heavy atom. The number of aryl methyl sites for hydroxylation is 1. The second kappa shape index (κ2) is 5.53. The largest absolute Gasteiger partial charge is 0.459 e. The average molecular weight is 315 g/mol. The van der Waals surface area contributed by atoms with Crippen LogP contribution in [0.5, 0.6) is 0 Å². The van der Waals surface area contributed by atoms with E-state index in [1.165, 1.54) is 11.8 Å². The van der Waals surface area contributed by atoms with E-state index in [1.807, 2.05) is 22.8 Å². The van der Waals surface area contributed by atoms with Crippen molar-refractivity contribution in [3.63, 3.8) is 0 Å². The number of ether oxygens (including phenoxy) is 1. The summed E-state index contributed by atoms with van der Waals surface area (Å²) < 4.78 is 13.2. The highest BCUT2D eigenvalue weighted by Crippen LogP contribution is 2.42. The van der Waals surface area contributed by atoms with Crippen LogP contribution in [0.2, 0.25) is 0 Å². The maximum atomic E-state index is 12.3. The first-order valence-corrected chi connectivity index (χ1v) is 8.10. The molecule has 2 aliphatic heterocycles. The van der Waals surface area contributed by atoms with Crippen molar-refractivity contribution in [2.24, 2.45) is 7.05 Å². The summed E-state index contributed by atoms with van der Waals surface area (Å²) in [6.07, 6.45) is 8.33. The third-order valence-electron chi connectivity index (χ3n) is 5.10. The Hall–Kier alpha value is -2.08. The average Bonchev–Trinajstić information content (AvgIpc) is 3.28. The predicted octanol–water partition coefficient (Wildman–Crippen LogP) is 2.19. The summed E-state index contributed by atoms with van der Waals surface area (Å²) in [5.41, 5.74) is 1.17. The number of furan rings is 1. The molecule has 6 nitrogen and oxygen atoms in total. The maximum Gasteiger partial charge on any atom is 0.289 e. The van der Waals surface area contributed by atoms with Crippen molar-refractivity contribution in [2.45, 2.75) is 30.8 Å². The van der Waals surface area contributed by atoms with E-state index in [4.69, 9.17) is 9.15 Å². The fraction of sp³-hybridized carbons (Fsp3) is 0.529. The third kappa shape index (κ3) is 2.67. The summed E-state index contributed by atoms with van der Waals surface area (Å²) in [5, 5.41) is 4.26. The quantitative estimate of drug-likeness (QED) is 0.852. The minimum absolute atomic E-state index is 0.0216. The lowest BCUT2D eigenvalue weighted by Gasteiger charge is -2.38. The van der Waals surface area contributed by atoms with Crippen molar-refractivity contribution in [1.29, 1.82) is 0 Å². The van der Waals surface area contributed by atoms with Gasteiger partial charge in [-0.2, -0.15) is 5.10 Å². The standard InChI is InChI=1S/C17H21N3O3/c1-19-11-14(10-18-19)13-9-17(23-12-13)4-6-20(7-5-17)16(21)15-3-2-8-22-15/h2-3,8,10-11,13H,4-7,9,12H2,1H3. The molecule has 2 aromatic rings. The summed E-state index contributed by atoms with van der Waals surface area (Å²) in [5.74, 6) is 0.809. The van der Waals surface area contributed by atoms with Gasteiger partial charge in [0.05, 0.1) is 24.7 Å². The van der Waals surface area contributed by atoms with Crippen molar-refractivity contribution < 1.29 is 13.9 Å². The molecule has 4 heterocycles. The molecule has 0 aromatic carbocycles. The number of hydrogen-bond donors (Lipinski definition) is 0. The molecular weight excluding hydrogens is 294 g/mol. The van der Waals surface area contributed by atoms with Crippen LogP contribution >= 0.6 is 0 Å². The summed E-state index contributed by atoms with van der Waals surface area (Å²) >= 11 is 0. The lowest BCUT2D eigenvalue weighted by molar-refractivity contribution is -0.0392. The minimum Gasteiger partial charge on any atom is -0.459 e. The number of hydrogen-bond acceptors (Lipinski definition) is 4. The zero-order valence-electron chi connectivity index (χ0n) is 13.3. The van der Waals surface area contributed by atoms with Gasteiger partial charge in [0.2, 0.25) is 0 Å². The molecule has 1 unspecified atom stereocenters. The molecule has 1 amide bonds. The van der Waals surface area contributed by atoms with Crippen LogP contribution in [0.4, 0.5) is 0 Å². The number of carbonyl (C=O) groups is 1. The molecule has 0 aliphatic carbocycles. The van der Waals surface area contributed by atoms with Crippen molar-refractivity contribution in [3.05, 3.63) is 42.1 Å². The van der Waals surface area contributed by atoms with Crippen molar-refractivity contribution in [3.8, 4) is 0 Å². The first kappa shape index (κ1) is 14.5. The SMILES string of the molecule is Cn1cc(C2COC3(CCN(C(=O)c4ccco4)CC3)C2)cn1. The molecule has 0 N–H and O–H groups in total. The minimum atomic E-state index is -0.0829. The molecule has 122 valence electrons. The van der Waals surface area contributed by atoms with Crippen LogP contribution in [0.3, 0.4) is 0 Å². The zero-order chi connectivity index (χ0) is 15.9. The Morgan fingerprint density at radius 2 is 2.22 bits per heavy atom. The van der Waals surface area contributed by atoms with Gasteiger partial charge < -0.3 is 14.1 Å². The van der Waals surface area contributed by atoms with Crippen LogP contribution in [0.25, 0.3) is 0 Å². The Balaban J connectivity index is 1.39. The van der Waals surface area contributed by atoms with Gasteiger partial charge in [-0.05, 0) is 37.0 Å². The first-order valence-electron chi connectivity index (χ1n) is 8.10. The van der Waals surface area contributed by atoms with E-state index in [-0.39, 0.29) is 11.5 Å². The van der Waals surface area contributed by atoms with Crippen LogP contribution in [-0.2, 0) is 11.8 Å². The van der Waals surface area contributed by atoms with E-state index < -0.39 is 0 Å². The van der Waals surface area contributed by atoms with E-state index in [9.17, 15) is 4.79 Å². The number of nitrogens with zero attached hydrogens (tertiary/aromatic N) is 3. The van der Waals surface area contributed by atoms with Gasteiger partial charge in [0, 0.05) is 32.3 Å². The second-order valence-corrected chi connectivity index (χ2v) is 6.61. The monoisotopic (exact) mass is 315 g/mol. The van der Waals surface area contributed by atoms with Gasteiger partial charge in [-0.25, -0.2) is 0 Å². The first-order chi connectivity index (χ1) is 11.2. The molecule has 0 radical (unpaired) electrons. The molecule has 2 saturated heterocycles. The molecule has 2 aliphatic rings. The smallest absolute Gasteiger partial charge is 0.289 e. The van der Waals surface area contributed by atoms with Gasteiger partial charge in [-0.15, -0.1) is 0 Å². The van der Waals surface area contributed by atoms with Crippen LogP contribution < -0.4 is 0 Å². The van der Waals surface area contributed by atoms with Crippen LogP contribution in [-0.4, -0.2) is 45.9 Å². The number of carbonyl (C=O) groups excluding carboxylic acids is 1. The maximum absolute atomic E-state index is 12.3. The van der Waals surface area contributed by atoms with Gasteiger partial charge in [0.1, 0.15) is 0 Å². The molecule has 4 rings (SSSR count). The molecule has 2 aromatic heterocycles. The highest BCUT2D eigenvalue weighted by Gasteiger charge is 2.44. The number of amides is 1. The van der Waals surface area contributed by atoms with Crippen molar-refractivity contribution in [2.75, 3.05) is 19.7 Å². The Morgan fingerprint density at radius 1 is 1.39 bits per heavy atom. The van der Waals surface area contributed by atoms with E-state index in [2.05, 4.69) is 11.3 Å². The third-order valence-corrected chi connectivity index (χ3v) is 5.10. The lowest BCUT2D eigenvalue weighted by Crippen LogP contribution is -2.46. The highest BCUT2D eigenvalue weighted by molar-refractivity contribution is 5.91. The van der Waals surface area contributed by atoms with E-state index in [0.29, 0.717) is 11.7 Å². The Kier molecular flexibility index (Phi) is 3.49. The van der Waals surface area contributed by atoms with Crippen LogP contribution in [0.15, 0.2) is 35.2 Å². The van der Waals surface area contributed by atoms with Crippen LogP contribution in [0, 0.1) is 0 Å². The molecule has 1 spiro atoms. The van der Waals surface area contributed by atoms with E-state index >= 15 is 0 Å². The second-order valence-electron chi connectivity index (χ2n) is 6.61. The fourth-order valence-electron chi connectivity index (χ4n) is 3.73. The summed E-state index contributed by atoms with van der Waals surface area (Å²) in [6, 6.07) is 3.47. The van der Waals surface area contributed by atoms with Gasteiger partial charge in [-0.1, -0.05) is 0 Å². The summed E-state index contributed by atoms with van der Waals surface area (Å²) in [6.45, 7) is 2.19. The van der Waals surface area contributed by atoms with Gasteiger partial charge in [-0.3, -0.25) is 9.48 Å². The summed E-state index contributed by atoms with van der Waals surface area (Å²) in [7, 11) is 1.94. The van der Waals surface area contributed by atoms with Gasteiger partial charge in [0.15, 0.2) is 5.76 Å². The molecule has 0 saturated carbocycles. The molecule has 2 fully saturated rings. The van der Waals surface area contributed by atoms with Gasteiger partial charge >= 0.3 is 0 Å². The van der Waals surface area contributed by atoms with Crippen LogP contribution in [0.1, 0.15) is 41.3 Å². The normalized spacial score (nSPS) is 23.5. The lowest BCUT2D eigenvalue weighted by atomic mass is 9.84. The van der Waals surface area contributed by atoms with E-state index in [1.54, 1.807) is 12.1 Å². The number of likely N-dealkylation sites (tertiary alicyclic amines) is 1. The zero-order valence-corrected chi connectivity index (χ0v) is 13.3. The summed E-state index contributed by atoms with van der Waals surface area (Å²) in [4.78, 5) is 14.2. The Bertz CT molecular complexity index is 684. The van der Waals surface area contributed by atoms with Crippen molar-refractivity contribution >= 4 is 5.91 Å². The van der Waals surface area contributed by atoms with Gasteiger partial charge in [0.25, 0.3) is 5.91 Å². The molecule has 6 heteroatoms. The molecular formula is C17H21N3O3. The fourth-order valence-corrected chi connectivity index (χ4v) is 3.73. The highest BCUT2D eigenvalue weighted by atomic mass is 16.5. The van der Waals surface area contributed by atoms with Crippen molar-refractivity contribution in [1.82, 2.24) is 14.7 Å². The topological polar surface area (TPSA) is 60.5 Å². The molecule has 23 heavy (non-hydrogen) atoms. The molecule has 0 bridgehead atoms. The Labute approximate surface area is 135 Å². The number of rotatable bonds is 2. The van der Waals surface area contributed by atoms with E-state index in [0.717, 1.165) is 39.0 Å². The molecule has 1 atom stereocenters. The number of piperidine rings is 1.